The highest BCUT2D eigenvalue weighted by molar-refractivity contribution is 5.87. The number of methoxy groups -OCH3 is 2. The van der Waals surface area contributed by atoms with Gasteiger partial charge in [-0.3, -0.25) is 0 Å². The molecule has 0 aliphatic heterocycles. The Morgan fingerprint density at radius 1 is 1.44 bits per heavy atom. The molecule has 4 heteroatoms. The van der Waals surface area contributed by atoms with Gasteiger partial charge in [0.15, 0.2) is 0 Å². The van der Waals surface area contributed by atoms with Crippen molar-refractivity contribution >= 4 is 5.97 Å². The lowest BCUT2D eigenvalue weighted by Gasteiger charge is -2.00. The highest BCUT2D eigenvalue weighted by atomic mass is 16.5. The van der Waals surface area contributed by atoms with Gasteiger partial charge in [0.25, 0.3) is 0 Å². The predicted molar refractivity (Wildman–Crippen MR) is 59.1 cm³/mol. The second-order valence-electron chi connectivity index (χ2n) is 3.11. The summed E-state index contributed by atoms with van der Waals surface area (Å²) in [4.78, 5) is 15.3. The topological polar surface area (TPSA) is 48.4 Å². The first-order valence-corrected chi connectivity index (χ1v) is 4.72. The number of carbonyl (C=O) groups is 1. The Balaban J connectivity index is 3.00. The van der Waals surface area contributed by atoms with Crippen LogP contribution in [0.1, 0.15) is 21.7 Å². The van der Waals surface area contributed by atoms with Crippen molar-refractivity contribution in [1.29, 1.82) is 0 Å². The first-order chi connectivity index (χ1) is 7.67. The third-order valence-corrected chi connectivity index (χ3v) is 1.80. The Labute approximate surface area is 94.6 Å². The van der Waals surface area contributed by atoms with E-state index in [1.165, 1.54) is 7.11 Å². The summed E-state index contributed by atoms with van der Waals surface area (Å²) in [6.45, 7) is 2.16. The van der Waals surface area contributed by atoms with E-state index >= 15 is 0 Å². The Bertz CT molecular complexity index is 443. The van der Waals surface area contributed by atoms with Gasteiger partial charge in [0.05, 0.1) is 7.11 Å². The number of aryl methyl sites for hydroxylation is 1. The summed E-state index contributed by atoms with van der Waals surface area (Å²) in [5.41, 5.74) is 1.72. The number of rotatable bonds is 2. The SMILES string of the molecule is COCC#Cc1cc(C)nc(C(=O)OC)c1. The second-order valence-corrected chi connectivity index (χ2v) is 3.11. The van der Waals surface area contributed by atoms with Crippen molar-refractivity contribution in [3.8, 4) is 11.8 Å². The van der Waals surface area contributed by atoms with Gasteiger partial charge in [0, 0.05) is 18.4 Å². The van der Waals surface area contributed by atoms with E-state index in [1.54, 1.807) is 26.2 Å². The molecule has 0 saturated heterocycles. The normalized spacial score (nSPS) is 9.19. The van der Waals surface area contributed by atoms with E-state index in [0.717, 1.165) is 11.3 Å². The maximum atomic E-state index is 11.3. The number of ether oxygens (including phenoxy) is 2. The molecule has 0 spiro atoms. The molecule has 0 atom stereocenters. The van der Waals surface area contributed by atoms with Gasteiger partial charge < -0.3 is 9.47 Å². The van der Waals surface area contributed by atoms with Crippen LogP contribution in [0.2, 0.25) is 0 Å². The number of hydrogen-bond acceptors (Lipinski definition) is 4. The van der Waals surface area contributed by atoms with E-state index < -0.39 is 5.97 Å². The Kier molecular flexibility index (Phi) is 4.49. The molecule has 84 valence electrons. The van der Waals surface area contributed by atoms with Crippen LogP contribution in [0.3, 0.4) is 0 Å². The number of nitrogens with zero attached hydrogens (tertiary/aromatic N) is 1. The fourth-order valence-corrected chi connectivity index (χ4v) is 1.16. The van der Waals surface area contributed by atoms with Crippen LogP contribution in [-0.4, -0.2) is 31.8 Å². The van der Waals surface area contributed by atoms with Gasteiger partial charge in [-0.15, -0.1) is 0 Å². The summed E-state index contributed by atoms with van der Waals surface area (Å²) >= 11 is 0. The number of hydrogen-bond donors (Lipinski definition) is 0. The lowest BCUT2D eigenvalue weighted by Crippen LogP contribution is -2.05. The van der Waals surface area contributed by atoms with E-state index in [2.05, 4.69) is 21.6 Å². The highest BCUT2D eigenvalue weighted by Gasteiger charge is 2.08. The Hall–Kier alpha value is -1.86. The van der Waals surface area contributed by atoms with Crippen molar-refractivity contribution in [3.63, 3.8) is 0 Å². The molecule has 1 rings (SSSR count). The van der Waals surface area contributed by atoms with Crippen molar-refractivity contribution < 1.29 is 14.3 Å². The average molecular weight is 219 g/mol. The van der Waals surface area contributed by atoms with E-state index in [4.69, 9.17) is 4.74 Å². The molecule has 1 aromatic rings. The molecule has 0 bridgehead atoms. The minimum atomic E-state index is -0.460. The van der Waals surface area contributed by atoms with Crippen LogP contribution in [0.5, 0.6) is 0 Å². The van der Waals surface area contributed by atoms with Crippen molar-refractivity contribution in [2.45, 2.75) is 6.92 Å². The number of aromatic nitrogens is 1. The molecule has 0 unspecified atom stereocenters. The molecule has 0 saturated carbocycles. The van der Waals surface area contributed by atoms with E-state index in [0.29, 0.717) is 6.61 Å². The molecule has 0 aromatic carbocycles. The highest BCUT2D eigenvalue weighted by Crippen LogP contribution is 2.05. The lowest BCUT2D eigenvalue weighted by atomic mass is 10.2. The zero-order chi connectivity index (χ0) is 12.0. The monoisotopic (exact) mass is 219 g/mol. The summed E-state index contributed by atoms with van der Waals surface area (Å²) in [6.07, 6.45) is 0. The molecule has 0 aliphatic carbocycles. The van der Waals surface area contributed by atoms with Crippen LogP contribution in [0.15, 0.2) is 12.1 Å². The maximum Gasteiger partial charge on any atom is 0.356 e. The molecule has 0 N–H and O–H groups in total. The van der Waals surface area contributed by atoms with Gasteiger partial charge in [-0.1, -0.05) is 11.8 Å². The molecule has 1 heterocycles. The lowest BCUT2D eigenvalue weighted by molar-refractivity contribution is 0.0593. The molecular weight excluding hydrogens is 206 g/mol. The predicted octanol–water partition coefficient (Wildman–Crippen LogP) is 1.17. The standard InChI is InChI=1S/C12H13NO3/c1-9-7-10(5-4-6-15-2)8-11(13-9)12(14)16-3/h7-8H,6H2,1-3H3. The van der Waals surface area contributed by atoms with Crippen molar-refractivity contribution in [2.24, 2.45) is 0 Å². The van der Waals surface area contributed by atoms with Crippen molar-refractivity contribution in [1.82, 2.24) is 4.98 Å². The van der Waals surface area contributed by atoms with Gasteiger partial charge in [-0.25, -0.2) is 9.78 Å². The molecule has 0 radical (unpaired) electrons. The van der Waals surface area contributed by atoms with E-state index in [-0.39, 0.29) is 5.69 Å². The van der Waals surface area contributed by atoms with Crippen LogP contribution in [0.25, 0.3) is 0 Å². The third-order valence-electron chi connectivity index (χ3n) is 1.80. The third kappa shape index (κ3) is 3.37. The average Bonchev–Trinajstić information content (AvgIpc) is 2.27. The van der Waals surface area contributed by atoms with E-state index in [9.17, 15) is 4.79 Å². The van der Waals surface area contributed by atoms with Gasteiger partial charge in [0.2, 0.25) is 0 Å². The quantitative estimate of drug-likeness (QED) is 0.553. The van der Waals surface area contributed by atoms with Crippen molar-refractivity contribution in [3.05, 3.63) is 29.1 Å². The largest absolute Gasteiger partial charge is 0.464 e. The summed E-state index contributed by atoms with van der Waals surface area (Å²) in [5, 5.41) is 0. The zero-order valence-corrected chi connectivity index (χ0v) is 9.53. The van der Waals surface area contributed by atoms with Crippen LogP contribution in [0.4, 0.5) is 0 Å². The first-order valence-electron chi connectivity index (χ1n) is 4.72. The smallest absolute Gasteiger partial charge is 0.356 e. The molecular formula is C12H13NO3. The van der Waals surface area contributed by atoms with Gasteiger partial charge in [-0.05, 0) is 19.1 Å². The summed E-state index contributed by atoms with van der Waals surface area (Å²) < 4.78 is 9.41. The van der Waals surface area contributed by atoms with Crippen LogP contribution >= 0.6 is 0 Å². The fourth-order valence-electron chi connectivity index (χ4n) is 1.16. The first kappa shape index (κ1) is 12.2. The summed E-state index contributed by atoms with van der Waals surface area (Å²) in [7, 11) is 2.90. The molecule has 16 heavy (non-hydrogen) atoms. The molecule has 0 amide bonds. The minimum absolute atomic E-state index is 0.268. The van der Waals surface area contributed by atoms with Gasteiger partial charge >= 0.3 is 5.97 Å². The molecule has 1 aromatic heterocycles. The maximum absolute atomic E-state index is 11.3. The second kappa shape index (κ2) is 5.89. The van der Waals surface area contributed by atoms with Gasteiger partial charge in [-0.2, -0.15) is 0 Å². The fraction of sp³-hybridized carbons (Fsp3) is 0.333. The molecule has 4 nitrogen and oxygen atoms in total. The molecule has 0 fully saturated rings. The summed E-state index contributed by atoms with van der Waals surface area (Å²) in [5.74, 6) is 5.23. The van der Waals surface area contributed by atoms with Gasteiger partial charge in [0.1, 0.15) is 12.3 Å². The molecule has 0 aliphatic rings. The zero-order valence-electron chi connectivity index (χ0n) is 9.53. The Morgan fingerprint density at radius 2 is 2.19 bits per heavy atom. The van der Waals surface area contributed by atoms with Crippen LogP contribution in [0, 0.1) is 18.8 Å². The van der Waals surface area contributed by atoms with Crippen molar-refractivity contribution in [2.75, 3.05) is 20.8 Å². The van der Waals surface area contributed by atoms with Crippen LogP contribution in [-0.2, 0) is 9.47 Å². The van der Waals surface area contributed by atoms with Crippen LogP contribution < -0.4 is 0 Å². The summed E-state index contributed by atoms with van der Waals surface area (Å²) in [6, 6.07) is 3.40. The van der Waals surface area contributed by atoms with E-state index in [1.807, 2.05) is 0 Å². The number of carbonyl (C=O) groups excluding carboxylic acids is 1. The number of esters is 1. The minimum Gasteiger partial charge on any atom is -0.464 e. The Morgan fingerprint density at radius 3 is 2.81 bits per heavy atom. The number of pyridine rings is 1.